The van der Waals surface area contributed by atoms with E-state index in [9.17, 15) is 8.78 Å². The number of H-pyrrole nitrogens is 1. The second kappa shape index (κ2) is 7.48. The number of anilines is 2. The van der Waals surface area contributed by atoms with Crippen molar-refractivity contribution in [2.75, 3.05) is 5.32 Å². The van der Waals surface area contributed by atoms with E-state index in [-0.39, 0.29) is 12.4 Å². The second-order valence-corrected chi connectivity index (χ2v) is 6.43. The van der Waals surface area contributed by atoms with Crippen molar-refractivity contribution in [1.29, 1.82) is 0 Å². The minimum atomic E-state index is -0.904. The highest BCUT2D eigenvalue weighted by Gasteiger charge is 2.13. The molecule has 0 bridgehead atoms. The summed E-state index contributed by atoms with van der Waals surface area (Å²) in [5.74, 6) is -1.79. The third-order valence-corrected chi connectivity index (χ3v) is 4.63. The minimum Gasteiger partial charge on any atom is -0.355 e. The number of halogens is 3. The molecule has 0 radical (unpaired) electrons. The van der Waals surface area contributed by atoms with E-state index in [2.05, 4.69) is 15.3 Å². The maximum absolute atomic E-state index is 13.7. The molecular weight excluding hydrogens is 394 g/mol. The van der Waals surface area contributed by atoms with Crippen LogP contribution in [-0.2, 0) is 0 Å². The van der Waals surface area contributed by atoms with E-state index in [4.69, 9.17) is 4.98 Å². The van der Waals surface area contributed by atoms with E-state index in [1.54, 1.807) is 6.33 Å². The van der Waals surface area contributed by atoms with Gasteiger partial charge in [-0.05, 0) is 30.3 Å². The summed E-state index contributed by atoms with van der Waals surface area (Å²) in [6, 6.07) is 19.2. The number of benzene rings is 3. The van der Waals surface area contributed by atoms with Crippen LogP contribution in [0.3, 0.4) is 0 Å². The highest BCUT2D eigenvalue weighted by molar-refractivity contribution is 6.10. The molecule has 2 N–H and O–H groups in total. The highest BCUT2D eigenvalue weighted by Crippen LogP contribution is 2.34. The zero-order chi connectivity index (χ0) is 19.1. The normalized spacial score (nSPS) is 10.8. The van der Waals surface area contributed by atoms with Crippen molar-refractivity contribution in [1.82, 2.24) is 15.0 Å². The molecule has 3 aromatic carbocycles. The Hall–Kier alpha value is -3.51. The number of fused-ring (bicyclic) bond motifs is 3. The monoisotopic (exact) mass is 408 g/mol. The molecule has 0 spiro atoms. The Labute approximate surface area is 171 Å². The van der Waals surface area contributed by atoms with Crippen molar-refractivity contribution in [3.05, 3.63) is 84.7 Å². The predicted molar refractivity (Wildman–Crippen MR) is 114 cm³/mol. The van der Waals surface area contributed by atoms with Crippen molar-refractivity contribution < 1.29 is 8.78 Å². The topological polar surface area (TPSA) is 53.6 Å². The van der Waals surface area contributed by atoms with Crippen LogP contribution in [0.5, 0.6) is 0 Å². The predicted octanol–water partition coefficient (Wildman–Crippen LogP) is 6.22. The number of hydrogen-bond donors (Lipinski definition) is 2. The molecule has 0 saturated heterocycles. The first kappa shape index (κ1) is 18.8. The Morgan fingerprint density at radius 3 is 2.41 bits per heavy atom. The van der Waals surface area contributed by atoms with E-state index >= 15 is 0 Å². The van der Waals surface area contributed by atoms with Crippen LogP contribution in [0.2, 0.25) is 0 Å². The van der Waals surface area contributed by atoms with Crippen LogP contribution in [0.15, 0.2) is 73.1 Å². The quantitative estimate of drug-likeness (QED) is 0.372. The summed E-state index contributed by atoms with van der Waals surface area (Å²) in [7, 11) is 0. The van der Waals surface area contributed by atoms with Crippen molar-refractivity contribution in [3.63, 3.8) is 0 Å². The Bertz CT molecular complexity index is 1320. The molecule has 0 atom stereocenters. The Balaban J connectivity index is 0.00000205. The van der Waals surface area contributed by atoms with Crippen molar-refractivity contribution in [2.24, 2.45) is 0 Å². The third kappa shape index (κ3) is 3.39. The molecule has 2 aromatic heterocycles. The van der Waals surface area contributed by atoms with Gasteiger partial charge in [-0.2, -0.15) is 0 Å². The number of imidazole rings is 1. The van der Waals surface area contributed by atoms with Gasteiger partial charge in [0.25, 0.3) is 0 Å². The van der Waals surface area contributed by atoms with E-state index in [0.717, 1.165) is 51.0 Å². The Morgan fingerprint density at radius 2 is 1.62 bits per heavy atom. The fourth-order valence-electron chi connectivity index (χ4n) is 3.32. The highest BCUT2D eigenvalue weighted by atomic mass is 35.5. The number of rotatable bonds is 3. The molecule has 0 aliphatic heterocycles. The van der Waals surface area contributed by atoms with Crippen LogP contribution in [0.1, 0.15) is 0 Å². The maximum Gasteiger partial charge on any atom is 0.160 e. The molecule has 2 heterocycles. The summed E-state index contributed by atoms with van der Waals surface area (Å²) >= 11 is 0. The summed E-state index contributed by atoms with van der Waals surface area (Å²) in [4.78, 5) is 12.2. The first-order valence-electron chi connectivity index (χ1n) is 8.73. The summed E-state index contributed by atoms with van der Waals surface area (Å²) in [6.45, 7) is 0. The molecule has 4 nitrogen and oxygen atoms in total. The molecule has 0 aliphatic carbocycles. The van der Waals surface area contributed by atoms with Crippen LogP contribution < -0.4 is 5.32 Å². The average molecular weight is 409 g/mol. The molecule has 0 amide bonds. The number of aromatic amines is 1. The van der Waals surface area contributed by atoms with Crippen LogP contribution in [-0.4, -0.2) is 15.0 Å². The molecule has 5 aromatic rings. The van der Waals surface area contributed by atoms with Crippen LogP contribution >= 0.6 is 12.4 Å². The van der Waals surface area contributed by atoms with Gasteiger partial charge in [0, 0.05) is 22.7 Å². The SMILES string of the molecule is Cl.Fc1ccc(Nc2cc(-c3ccccc3)nc3ccc4nc[nH]c4c23)cc1F. The maximum atomic E-state index is 13.7. The Morgan fingerprint density at radius 1 is 0.828 bits per heavy atom. The van der Waals surface area contributed by atoms with Crippen molar-refractivity contribution in [2.45, 2.75) is 0 Å². The lowest BCUT2D eigenvalue weighted by Gasteiger charge is -2.13. The lowest BCUT2D eigenvalue weighted by molar-refractivity contribution is 0.509. The summed E-state index contributed by atoms with van der Waals surface area (Å²) in [6.07, 6.45) is 1.62. The van der Waals surface area contributed by atoms with E-state index in [1.807, 2.05) is 48.5 Å². The number of nitrogens with one attached hydrogen (secondary N) is 2. The van der Waals surface area contributed by atoms with Gasteiger partial charge in [0.15, 0.2) is 11.6 Å². The van der Waals surface area contributed by atoms with E-state index < -0.39 is 11.6 Å². The first-order chi connectivity index (χ1) is 13.7. The van der Waals surface area contributed by atoms with Gasteiger partial charge in [0.2, 0.25) is 0 Å². The number of pyridine rings is 1. The molecule has 29 heavy (non-hydrogen) atoms. The van der Waals surface area contributed by atoms with Gasteiger partial charge in [-0.15, -0.1) is 12.4 Å². The van der Waals surface area contributed by atoms with Gasteiger partial charge >= 0.3 is 0 Å². The standard InChI is InChI=1S/C22H14F2N4.ClH/c23-15-7-6-14(10-16(15)24)27-20-11-19(13-4-2-1-3-5-13)28-17-8-9-18-22(21(17)20)26-12-25-18;/h1-12H,(H,25,26)(H,27,28);1H. The van der Waals surface area contributed by atoms with Gasteiger partial charge in [-0.3, -0.25) is 0 Å². The summed E-state index contributed by atoms with van der Waals surface area (Å²) in [5, 5.41) is 4.05. The van der Waals surface area contributed by atoms with Crippen LogP contribution in [0.4, 0.5) is 20.2 Å². The minimum absolute atomic E-state index is 0. The smallest absolute Gasteiger partial charge is 0.160 e. The van der Waals surface area contributed by atoms with Crippen molar-refractivity contribution >= 4 is 45.7 Å². The zero-order valence-electron chi connectivity index (χ0n) is 15.0. The molecule has 7 heteroatoms. The molecule has 0 aliphatic rings. The van der Waals surface area contributed by atoms with Gasteiger partial charge in [0.1, 0.15) is 0 Å². The third-order valence-electron chi connectivity index (χ3n) is 4.63. The van der Waals surface area contributed by atoms with Gasteiger partial charge < -0.3 is 10.3 Å². The fourth-order valence-corrected chi connectivity index (χ4v) is 3.32. The zero-order valence-corrected chi connectivity index (χ0v) is 15.8. The number of nitrogens with zero attached hydrogens (tertiary/aromatic N) is 2. The van der Waals surface area contributed by atoms with Gasteiger partial charge in [-0.25, -0.2) is 18.7 Å². The molecule has 144 valence electrons. The average Bonchev–Trinajstić information content (AvgIpc) is 3.20. The largest absolute Gasteiger partial charge is 0.355 e. The molecule has 0 saturated carbocycles. The lowest BCUT2D eigenvalue weighted by atomic mass is 10.1. The van der Waals surface area contributed by atoms with E-state index in [0.29, 0.717) is 5.69 Å². The van der Waals surface area contributed by atoms with Crippen molar-refractivity contribution in [3.8, 4) is 11.3 Å². The fraction of sp³-hybridized carbons (Fsp3) is 0. The summed E-state index contributed by atoms with van der Waals surface area (Å²) < 4.78 is 27.0. The van der Waals surface area contributed by atoms with Crippen LogP contribution in [0, 0.1) is 11.6 Å². The van der Waals surface area contributed by atoms with Crippen LogP contribution in [0.25, 0.3) is 33.2 Å². The molecule has 0 fully saturated rings. The summed E-state index contributed by atoms with van der Waals surface area (Å²) in [5.41, 5.74) is 5.30. The van der Waals surface area contributed by atoms with E-state index in [1.165, 1.54) is 6.07 Å². The second-order valence-electron chi connectivity index (χ2n) is 6.43. The molecular formula is C22H15ClF2N4. The number of hydrogen-bond acceptors (Lipinski definition) is 3. The number of aromatic nitrogens is 3. The molecule has 5 rings (SSSR count). The van der Waals surface area contributed by atoms with Gasteiger partial charge in [0.05, 0.1) is 34.3 Å². The first-order valence-corrected chi connectivity index (χ1v) is 8.73. The molecule has 0 unspecified atom stereocenters. The van der Waals surface area contributed by atoms with Gasteiger partial charge in [-0.1, -0.05) is 30.3 Å². The lowest BCUT2D eigenvalue weighted by Crippen LogP contribution is -1.97. The Kier molecular flexibility index (Phi) is 4.86.